The second-order valence-electron chi connectivity index (χ2n) is 3.52. The highest BCUT2D eigenvalue weighted by atomic mass is 16.6. The van der Waals surface area contributed by atoms with E-state index in [9.17, 15) is 9.90 Å². The van der Waals surface area contributed by atoms with Crippen molar-refractivity contribution >= 4 is 5.97 Å². The third-order valence-corrected chi connectivity index (χ3v) is 1.93. The van der Waals surface area contributed by atoms with E-state index in [0.29, 0.717) is 6.61 Å². The van der Waals surface area contributed by atoms with E-state index in [2.05, 4.69) is 11.3 Å². The fourth-order valence-electron chi connectivity index (χ4n) is 0.771. The van der Waals surface area contributed by atoms with Crippen LogP contribution in [0, 0.1) is 0 Å². The molecular weight excluding hydrogens is 196 g/mol. The minimum atomic E-state index is -1.11. The van der Waals surface area contributed by atoms with Gasteiger partial charge in [0.25, 0.3) is 0 Å². The molecule has 0 amide bonds. The molecular formula is C11H20O4. The van der Waals surface area contributed by atoms with Gasteiger partial charge in [0, 0.05) is 12.0 Å². The van der Waals surface area contributed by atoms with Crippen molar-refractivity contribution in [2.24, 2.45) is 0 Å². The average Bonchev–Trinajstić information content (AvgIpc) is 2.17. The average molecular weight is 216 g/mol. The molecule has 4 nitrogen and oxygen atoms in total. The lowest BCUT2D eigenvalue weighted by Crippen LogP contribution is -2.21. The summed E-state index contributed by atoms with van der Waals surface area (Å²) in [6.45, 7) is 9.29. The first-order valence-corrected chi connectivity index (χ1v) is 5.13. The molecule has 88 valence electrons. The standard InChI is InChI=1S/C11H20O4/c1-5-9(4)14-7-6-10(12)15-11(13)8(2)3/h9-10,12H,2,5-7H2,1,3-4H3. The SMILES string of the molecule is C=C(C)C(=O)OC(O)CCOC(C)CC. The lowest BCUT2D eigenvalue weighted by atomic mass is 10.3. The van der Waals surface area contributed by atoms with Gasteiger partial charge in [0.2, 0.25) is 6.29 Å². The molecule has 0 saturated heterocycles. The van der Waals surface area contributed by atoms with Crippen molar-refractivity contribution in [2.45, 2.75) is 46.0 Å². The van der Waals surface area contributed by atoms with Crippen LogP contribution in [0.3, 0.4) is 0 Å². The molecule has 2 unspecified atom stereocenters. The molecule has 2 atom stereocenters. The second-order valence-corrected chi connectivity index (χ2v) is 3.52. The summed E-state index contributed by atoms with van der Waals surface area (Å²) in [6.07, 6.45) is 0.248. The Hall–Kier alpha value is -0.870. The summed E-state index contributed by atoms with van der Waals surface area (Å²) in [4.78, 5) is 11.0. The van der Waals surface area contributed by atoms with Gasteiger partial charge < -0.3 is 14.6 Å². The van der Waals surface area contributed by atoms with Gasteiger partial charge in [0.05, 0.1) is 12.7 Å². The summed E-state index contributed by atoms with van der Waals surface area (Å²) in [5.74, 6) is -0.578. The van der Waals surface area contributed by atoms with E-state index >= 15 is 0 Å². The van der Waals surface area contributed by atoms with Gasteiger partial charge >= 0.3 is 5.97 Å². The smallest absolute Gasteiger partial charge is 0.335 e. The van der Waals surface area contributed by atoms with Crippen LogP contribution >= 0.6 is 0 Å². The molecule has 0 saturated carbocycles. The Morgan fingerprint density at radius 3 is 2.60 bits per heavy atom. The normalized spacial score (nSPS) is 14.4. The predicted octanol–water partition coefficient (Wildman–Crippen LogP) is 1.63. The van der Waals surface area contributed by atoms with Gasteiger partial charge in [-0.25, -0.2) is 4.79 Å². The van der Waals surface area contributed by atoms with Crippen molar-refractivity contribution in [3.05, 3.63) is 12.2 Å². The van der Waals surface area contributed by atoms with Gasteiger partial charge in [0.1, 0.15) is 0 Å². The summed E-state index contributed by atoms with van der Waals surface area (Å²) >= 11 is 0. The molecule has 0 bridgehead atoms. The molecule has 1 N–H and O–H groups in total. The fourth-order valence-corrected chi connectivity index (χ4v) is 0.771. The quantitative estimate of drug-likeness (QED) is 0.399. The van der Waals surface area contributed by atoms with Crippen LogP contribution in [0.1, 0.15) is 33.6 Å². The zero-order valence-electron chi connectivity index (χ0n) is 9.66. The molecule has 0 radical (unpaired) electrons. The van der Waals surface area contributed by atoms with Gasteiger partial charge in [-0.1, -0.05) is 13.5 Å². The molecule has 4 heteroatoms. The Balaban J connectivity index is 3.62. The molecule has 0 aliphatic rings. The highest BCUT2D eigenvalue weighted by Gasteiger charge is 2.11. The van der Waals surface area contributed by atoms with Crippen LogP contribution < -0.4 is 0 Å². The number of carbonyl (C=O) groups is 1. The third-order valence-electron chi connectivity index (χ3n) is 1.93. The predicted molar refractivity (Wildman–Crippen MR) is 57.2 cm³/mol. The number of rotatable bonds is 7. The van der Waals surface area contributed by atoms with E-state index in [1.165, 1.54) is 6.92 Å². The van der Waals surface area contributed by atoms with Crippen molar-refractivity contribution in [3.8, 4) is 0 Å². The Bertz CT molecular complexity index is 213. The van der Waals surface area contributed by atoms with Crippen LogP contribution in [0.5, 0.6) is 0 Å². The Labute approximate surface area is 90.9 Å². The number of carbonyl (C=O) groups excluding carboxylic acids is 1. The number of aliphatic hydroxyl groups excluding tert-OH is 1. The molecule has 0 fully saturated rings. The third kappa shape index (κ3) is 7.11. The van der Waals surface area contributed by atoms with Crippen LogP contribution in [0.25, 0.3) is 0 Å². The summed E-state index contributed by atoms with van der Waals surface area (Å²) in [6, 6.07) is 0. The lowest BCUT2D eigenvalue weighted by molar-refractivity contribution is -0.165. The van der Waals surface area contributed by atoms with Crippen molar-refractivity contribution in [3.63, 3.8) is 0 Å². The zero-order valence-corrected chi connectivity index (χ0v) is 9.66. The molecule has 0 aromatic carbocycles. The zero-order chi connectivity index (χ0) is 11.8. The largest absolute Gasteiger partial charge is 0.433 e. The van der Waals surface area contributed by atoms with Gasteiger partial charge in [0.15, 0.2) is 0 Å². The summed E-state index contributed by atoms with van der Waals surface area (Å²) < 4.78 is 9.99. The van der Waals surface area contributed by atoms with E-state index in [1.54, 1.807) is 0 Å². The van der Waals surface area contributed by atoms with E-state index in [0.717, 1.165) is 6.42 Å². The number of ether oxygens (including phenoxy) is 2. The number of hydrogen-bond donors (Lipinski definition) is 1. The van der Waals surface area contributed by atoms with E-state index < -0.39 is 12.3 Å². The highest BCUT2D eigenvalue weighted by Crippen LogP contribution is 2.02. The molecule has 0 spiro atoms. The minimum absolute atomic E-state index is 0.161. The molecule has 0 aliphatic heterocycles. The van der Waals surface area contributed by atoms with Crippen LogP contribution in [0.2, 0.25) is 0 Å². The minimum Gasteiger partial charge on any atom is -0.433 e. The van der Waals surface area contributed by atoms with Crippen molar-refractivity contribution < 1.29 is 19.4 Å². The van der Waals surface area contributed by atoms with Crippen LogP contribution in [-0.2, 0) is 14.3 Å². The van der Waals surface area contributed by atoms with Crippen molar-refractivity contribution in [2.75, 3.05) is 6.61 Å². The first-order chi connectivity index (χ1) is 6.97. The number of aliphatic hydroxyl groups is 1. The van der Waals surface area contributed by atoms with Crippen molar-refractivity contribution in [1.82, 2.24) is 0 Å². The maximum absolute atomic E-state index is 11.0. The maximum Gasteiger partial charge on any atom is 0.335 e. The monoisotopic (exact) mass is 216 g/mol. The topological polar surface area (TPSA) is 55.8 Å². The van der Waals surface area contributed by atoms with E-state index in [4.69, 9.17) is 4.74 Å². The Kier molecular flexibility index (Phi) is 6.99. The molecule has 15 heavy (non-hydrogen) atoms. The van der Waals surface area contributed by atoms with E-state index in [1.807, 2.05) is 13.8 Å². The molecule has 0 rings (SSSR count). The molecule has 0 aliphatic carbocycles. The van der Waals surface area contributed by atoms with Gasteiger partial charge in [-0.15, -0.1) is 0 Å². The first-order valence-electron chi connectivity index (χ1n) is 5.13. The molecule has 0 aromatic heterocycles. The first kappa shape index (κ1) is 14.1. The number of esters is 1. The summed E-state index contributed by atoms with van der Waals surface area (Å²) in [7, 11) is 0. The Morgan fingerprint density at radius 2 is 2.13 bits per heavy atom. The lowest BCUT2D eigenvalue weighted by Gasteiger charge is -2.14. The van der Waals surface area contributed by atoms with Gasteiger partial charge in [-0.05, 0) is 20.3 Å². The van der Waals surface area contributed by atoms with Crippen LogP contribution in [0.4, 0.5) is 0 Å². The Morgan fingerprint density at radius 1 is 1.53 bits per heavy atom. The van der Waals surface area contributed by atoms with E-state index in [-0.39, 0.29) is 18.1 Å². The maximum atomic E-state index is 11.0. The van der Waals surface area contributed by atoms with Crippen LogP contribution in [0.15, 0.2) is 12.2 Å². The van der Waals surface area contributed by atoms with Crippen molar-refractivity contribution in [1.29, 1.82) is 0 Å². The fraction of sp³-hybridized carbons (Fsp3) is 0.727. The molecule has 0 aromatic rings. The van der Waals surface area contributed by atoms with Gasteiger partial charge in [-0.3, -0.25) is 0 Å². The van der Waals surface area contributed by atoms with Gasteiger partial charge in [-0.2, -0.15) is 0 Å². The summed E-state index contributed by atoms with van der Waals surface area (Å²) in [5.41, 5.74) is 0.275. The highest BCUT2D eigenvalue weighted by molar-refractivity contribution is 5.86. The second kappa shape index (κ2) is 7.43. The van der Waals surface area contributed by atoms with Crippen LogP contribution in [-0.4, -0.2) is 30.1 Å². The summed E-state index contributed by atoms with van der Waals surface area (Å²) in [5, 5.41) is 9.29. The molecule has 0 heterocycles. The number of hydrogen-bond acceptors (Lipinski definition) is 4.